The maximum atomic E-state index is 10.7. The summed E-state index contributed by atoms with van der Waals surface area (Å²) in [6, 6.07) is 20.9. The monoisotopic (exact) mass is 381 g/mol. The third-order valence-corrected chi connectivity index (χ3v) is 5.31. The van der Waals surface area contributed by atoms with Gasteiger partial charge in [-0.05, 0) is 46.7 Å². The van der Waals surface area contributed by atoms with Crippen LogP contribution in [0.15, 0.2) is 72.9 Å². The summed E-state index contributed by atoms with van der Waals surface area (Å²) in [7, 11) is 0. The van der Waals surface area contributed by atoms with E-state index in [2.05, 4.69) is 10.3 Å². The van der Waals surface area contributed by atoms with E-state index in [9.17, 15) is 10.2 Å². The van der Waals surface area contributed by atoms with Crippen LogP contribution >= 0.6 is 0 Å². The van der Waals surface area contributed by atoms with Gasteiger partial charge in [0.05, 0.1) is 6.20 Å². The number of fused-ring (bicyclic) bond motifs is 2. The first-order valence-electron chi connectivity index (χ1n) is 9.53. The molecule has 5 nitrogen and oxygen atoms in total. The summed E-state index contributed by atoms with van der Waals surface area (Å²) in [5.41, 5.74) is 3.02. The Kier molecular flexibility index (Phi) is 3.95. The van der Waals surface area contributed by atoms with E-state index < -0.39 is 0 Å². The number of phenols is 2. The number of aromatic hydroxyl groups is 2. The van der Waals surface area contributed by atoms with Crippen molar-refractivity contribution in [1.29, 1.82) is 0 Å². The molecule has 1 aromatic heterocycles. The van der Waals surface area contributed by atoms with Gasteiger partial charge >= 0.3 is 0 Å². The molecule has 5 heteroatoms. The molecule has 0 aliphatic rings. The predicted molar refractivity (Wildman–Crippen MR) is 115 cm³/mol. The van der Waals surface area contributed by atoms with Crippen molar-refractivity contribution in [2.45, 2.75) is 13.5 Å². The van der Waals surface area contributed by atoms with Crippen LogP contribution < -0.4 is 0 Å². The van der Waals surface area contributed by atoms with E-state index >= 15 is 0 Å². The zero-order chi connectivity index (χ0) is 20.0. The van der Waals surface area contributed by atoms with E-state index in [4.69, 9.17) is 0 Å². The number of hydrogen-bond acceptors (Lipinski definition) is 4. The fourth-order valence-corrected chi connectivity index (χ4v) is 3.85. The first kappa shape index (κ1) is 17.3. The maximum absolute atomic E-state index is 10.7. The number of hydrogen-bond donors (Lipinski definition) is 2. The fourth-order valence-electron chi connectivity index (χ4n) is 3.85. The second kappa shape index (κ2) is 6.63. The molecule has 4 aromatic carbocycles. The van der Waals surface area contributed by atoms with Crippen molar-refractivity contribution in [1.82, 2.24) is 15.0 Å². The van der Waals surface area contributed by atoms with Crippen molar-refractivity contribution in [2.24, 2.45) is 0 Å². The van der Waals surface area contributed by atoms with Crippen molar-refractivity contribution in [3.8, 4) is 33.9 Å². The van der Waals surface area contributed by atoms with Crippen LogP contribution in [0.2, 0.25) is 0 Å². The zero-order valence-corrected chi connectivity index (χ0v) is 15.9. The highest BCUT2D eigenvalue weighted by molar-refractivity contribution is 6.10. The van der Waals surface area contributed by atoms with Crippen molar-refractivity contribution < 1.29 is 10.2 Å². The lowest BCUT2D eigenvalue weighted by Gasteiger charge is -2.14. The van der Waals surface area contributed by atoms with Gasteiger partial charge in [-0.3, -0.25) is 4.68 Å². The molecule has 0 fully saturated rings. The molecule has 142 valence electrons. The lowest BCUT2D eigenvalue weighted by Crippen LogP contribution is -1.93. The molecular weight excluding hydrogens is 362 g/mol. The van der Waals surface area contributed by atoms with Gasteiger partial charge in [0.1, 0.15) is 17.2 Å². The van der Waals surface area contributed by atoms with Crippen LogP contribution in [-0.4, -0.2) is 25.2 Å². The summed E-state index contributed by atoms with van der Waals surface area (Å²) < 4.78 is 1.79. The van der Waals surface area contributed by atoms with Gasteiger partial charge in [0, 0.05) is 23.2 Å². The van der Waals surface area contributed by atoms with E-state index in [1.165, 1.54) is 0 Å². The molecule has 0 aliphatic heterocycles. The minimum absolute atomic E-state index is 0.133. The third-order valence-electron chi connectivity index (χ3n) is 5.31. The topological polar surface area (TPSA) is 71.2 Å². The fraction of sp³-hybridized carbons (Fsp3) is 0.0833. The van der Waals surface area contributed by atoms with Crippen LogP contribution in [0.3, 0.4) is 0 Å². The average Bonchev–Trinajstić information content (AvgIpc) is 3.23. The summed E-state index contributed by atoms with van der Waals surface area (Å²) in [6.45, 7) is 2.78. The first-order valence-corrected chi connectivity index (χ1v) is 9.53. The second-order valence-corrected chi connectivity index (χ2v) is 7.04. The molecule has 5 aromatic rings. The SMILES string of the molecule is CCn1cc(-c2ccc3c(-c4c(O)ccc5ccccc45)c(O)ccc3c2)nn1. The average molecular weight is 381 g/mol. The van der Waals surface area contributed by atoms with Gasteiger partial charge in [-0.25, -0.2) is 0 Å². The van der Waals surface area contributed by atoms with Gasteiger partial charge in [0.15, 0.2) is 0 Å². The lowest BCUT2D eigenvalue weighted by atomic mass is 9.91. The Labute approximate surface area is 167 Å². The minimum Gasteiger partial charge on any atom is -0.507 e. The van der Waals surface area contributed by atoms with E-state index in [1.807, 2.05) is 67.7 Å². The Morgan fingerprint density at radius 2 is 1.48 bits per heavy atom. The normalized spacial score (nSPS) is 11.3. The Morgan fingerprint density at radius 3 is 2.21 bits per heavy atom. The maximum Gasteiger partial charge on any atom is 0.124 e. The second-order valence-electron chi connectivity index (χ2n) is 7.04. The molecule has 0 bridgehead atoms. The standard InChI is InChI=1S/C24H19N3O2/c1-2-27-14-20(25-26-27)17-7-10-19-16(13-17)9-12-22(29)24(19)23-18-6-4-3-5-15(18)8-11-21(23)28/h3-14,28-29H,2H2,1H3. The van der Waals surface area contributed by atoms with Gasteiger partial charge < -0.3 is 10.2 Å². The highest BCUT2D eigenvalue weighted by Gasteiger charge is 2.17. The van der Waals surface area contributed by atoms with Gasteiger partial charge in [-0.2, -0.15) is 0 Å². The predicted octanol–water partition coefficient (Wildman–Crippen LogP) is 5.35. The number of nitrogens with zero attached hydrogens (tertiary/aromatic N) is 3. The van der Waals surface area contributed by atoms with Crippen LogP contribution in [0, 0.1) is 0 Å². The summed E-state index contributed by atoms with van der Waals surface area (Å²) in [5, 5.41) is 33.5. The number of aryl methyl sites for hydroxylation is 1. The molecule has 2 N–H and O–H groups in total. The van der Waals surface area contributed by atoms with Gasteiger partial charge in [-0.1, -0.05) is 53.7 Å². The molecule has 5 rings (SSSR count). The van der Waals surface area contributed by atoms with Crippen molar-refractivity contribution >= 4 is 21.5 Å². The van der Waals surface area contributed by atoms with Crippen LogP contribution in [-0.2, 0) is 6.54 Å². The molecule has 29 heavy (non-hydrogen) atoms. The smallest absolute Gasteiger partial charge is 0.124 e. The molecule has 0 amide bonds. The summed E-state index contributed by atoms with van der Waals surface area (Å²) in [5.74, 6) is 0.273. The highest BCUT2D eigenvalue weighted by atomic mass is 16.3. The molecule has 0 aliphatic carbocycles. The Morgan fingerprint density at radius 1 is 0.793 bits per heavy atom. The molecule has 0 spiro atoms. The van der Waals surface area contributed by atoms with Gasteiger partial charge in [-0.15, -0.1) is 5.10 Å². The van der Waals surface area contributed by atoms with Crippen LogP contribution in [0.25, 0.3) is 43.9 Å². The number of aromatic nitrogens is 3. The van der Waals surface area contributed by atoms with E-state index in [1.54, 1.807) is 16.8 Å². The van der Waals surface area contributed by atoms with Crippen molar-refractivity contribution in [2.75, 3.05) is 0 Å². The summed E-state index contributed by atoms with van der Waals surface area (Å²) >= 11 is 0. The number of rotatable bonds is 3. The molecule has 0 saturated carbocycles. The lowest BCUT2D eigenvalue weighted by molar-refractivity contribution is 0.470. The number of benzene rings is 4. The van der Waals surface area contributed by atoms with E-state index in [0.29, 0.717) is 11.1 Å². The molecule has 1 heterocycles. The first-order chi connectivity index (χ1) is 14.2. The summed E-state index contributed by atoms with van der Waals surface area (Å²) in [4.78, 5) is 0. The Bertz CT molecular complexity index is 1370. The zero-order valence-electron chi connectivity index (χ0n) is 15.9. The van der Waals surface area contributed by atoms with Crippen LogP contribution in [0.1, 0.15) is 6.92 Å². The summed E-state index contributed by atoms with van der Waals surface area (Å²) in [6.07, 6.45) is 1.92. The molecular formula is C24H19N3O2. The van der Waals surface area contributed by atoms with Crippen molar-refractivity contribution in [3.63, 3.8) is 0 Å². The Hall–Kier alpha value is -3.86. The van der Waals surface area contributed by atoms with E-state index in [-0.39, 0.29) is 11.5 Å². The third kappa shape index (κ3) is 2.79. The van der Waals surface area contributed by atoms with Gasteiger partial charge in [0.25, 0.3) is 0 Å². The van der Waals surface area contributed by atoms with E-state index in [0.717, 1.165) is 39.3 Å². The molecule has 0 saturated heterocycles. The molecule has 0 atom stereocenters. The van der Waals surface area contributed by atoms with Crippen molar-refractivity contribution in [3.05, 3.63) is 72.9 Å². The minimum atomic E-state index is 0.133. The molecule has 0 radical (unpaired) electrons. The van der Waals surface area contributed by atoms with Gasteiger partial charge in [0.2, 0.25) is 0 Å². The number of phenolic OH excluding ortho intramolecular Hbond substituents is 2. The van der Waals surface area contributed by atoms with Crippen LogP contribution in [0.4, 0.5) is 0 Å². The quantitative estimate of drug-likeness (QED) is 0.442. The van der Waals surface area contributed by atoms with Crippen LogP contribution in [0.5, 0.6) is 11.5 Å². The Balaban J connectivity index is 1.77. The largest absolute Gasteiger partial charge is 0.507 e. The molecule has 0 unspecified atom stereocenters. The highest BCUT2D eigenvalue weighted by Crippen LogP contribution is 2.44.